The van der Waals surface area contributed by atoms with E-state index in [1.807, 2.05) is 30.3 Å². The lowest BCUT2D eigenvalue weighted by atomic mass is 10.2. The third kappa shape index (κ3) is 3.33. The summed E-state index contributed by atoms with van der Waals surface area (Å²) in [5.41, 5.74) is 1.91. The zero-order valence-corrected chi connectivity index (χ0v) is 11.3. The van der Waals surface area contributed by atoms with Crippen LogP contribution < -0.4 is 10.9 Å². The van der Waals surface area contributed by atoms with Gasteiger partial charge < -0.3 is 9.88 Å². The van der Waals surface area contributed by atoms with Crippen LogP contribution in [0.1, 0.15) is 5.56 Å². The van der Waals surface area contributed by atoms with Crippen molar-refractivity contribution in [1.29, 1.82) is 0 Å². The Morgan fingerprint density at radius 2 is 1.86 bits per heavy atom. The molecular weight excluding hydrogens is 264 g/mol. The van der Waals surface area contributed by atoms with Gasteiger partial charge >= 0.3 is 0 Å². The van der Waals surface area contributed by atoms with Crippen LogP contribution in [0.25, 0.3) is 0 Å². The van der Waals surface area contributed by atoms with Gasteiger partial charge in [0.1, 0.15) is 0 Å². The highest BCUT2D eigenvalue weighted by molar-refractivity contribution is 5.54. The van der Waals surface area contributed by atoms with Crippen LogP contribution >= 0.6 is 0 Å². The van der Waals surface area contributed by atoms with Gasteiger partial charge in [-0.05, 0) is 29.8 Å². The van der Waals surface area contributed by atoms with Gasteiger partial charge in [-0.1, -0.05) is 18.2 Å². The normalized spacial score (nSPS) is 10.3. The number of hydrogen-bond donors (Lipinski definition) is 1. The zero-order chi connectivity index (χ0) is 14.5. The predicted octanol–water partition coefficient (Wildman–Crippen LogP) is 2.43. The maximum atomic E-state index is 11.7. The zero-order valence-electron chi connectivity index (χ0n) is 11.3. The van der Waals surface area contributed by atoms with Gasteiger partial charge in [-0.15, -0.1) is 0 Å². The minimum atomic E-state index is -0.0118. The van der Waals surface area contributed by atoms with Crippen LogP contribution in [-0.2, 0) is 6.54 Å². The highest BCUT2D eigenvalue weighted by atomic mass is 16.1. The van der Waals surface area contributed by atoms with Crippen LogP contribution in [0.15, 0.2) is 71.9 Å². The van der Waals surface area contributed by atoms with Crippen LogP contribution in [0, 0.1) is 0 Å². The van der Waals surface area contributed by atoms with Crippen molar-refractivity contribution in [2.45, 2.75) is 6.54 Å². The Balaban J connectivity index is 1.80. The smallest absolute Gasteiger partial charge is 0.250 e. The molecule has 21 heavy (non-hydrogen) atoms. The molecule has 3 aromatic rings. The molecular formula is C16H14N4O. The maximum absolute atomic E-state index is 11.7. The molecule has 0 unspecified atom stereocenters. The lowest BCUT2D eigenvalue weighted by Gasteiger charge is -2.08. The average Bonchev–Trinajstić information content (AvgIpc) is 2.51. The van der Waals surface area contributed by atoms with Gasteiger partial charge in [0.15, 0.2) is 0 Å². The molecule has 0 saturated heterocycles. The lowest BCUT2D eigenvalue weighted by Crippen LogP contribution is -2.18. The Morgan fingerprint density at radius 3 is 2.67 bits per heavy atom. The molecule has 1 N–H and O–H groups in total. The number of pyridine rings is 1. The van der Waals surface area contributed by atoms with Gasteiger partial charge in [-0.25, -0.2) is 9.97 Å². The SMILES string of the molecule is O=c1ccccn1Cc1cccc(Nc2ncccn2)c1. The summed E-state index contributed by atoms with van der Waals surface area (Å²) in [6, 6.07) is 14.8. The standard InChI is InChI=1S/C16H14N4O/c21-15-7-1-2-10-20(15)12-13-5-3-6-14(11-13)19-16-17-8-4-9-18-16/h1-11H,12H2,(H,17,18,19). The topological polar surface area (TPSA) is 59.8 Å². The Morgan fingerprint density at radius 1 is 1.00 bits per heavy atom. The first-order valence-electron chi connectivity index (χ1n) is 6.60. The van der Waals surface area contributed by atoms with E-state index in [1.54, 1.807) is 41.4 Å². The van der Waals surface area contributed by atoms with Crippen LogP contribution in [0.2, 0.25) is 0 Å². The van der Waals surface area contributed by atoms with Crippen LogP contribution in [0.4, 0.5) is 11.6 Å². The third-order valence-corrected chi connectivity index (χ3v) is 3.00. The molecule has 0 radical (unpaired) electrons. The maximum Gasteiger partial charge on any atom is 0.250 e. The predicted molar refractivity (Wildman–Crippen MR) is 81.6 cm³/mol. The van der Waals surface area contributed by atoms with Crippen molar-refractivity contribution in [3.05, 3.63) is 83.0 Å². The Hall–Kier alpha value is -2.95. The van der Waals surface area contributed by atoms with Crippen LogP contribution in [0.3, 0.4) is 0 Å². The van der Waals surface area contributed by atoms with Gasteiger partial charge in [0.2, 0.25) is 5.95 Å². The summed E-state index contributed by atoms with van der Waals surface area (Å²) < 4.78 is 1.66. The van der Waals surface area contributed by atoms with Gasteiger partial charge in [0, 0.05) is 30.3 Å². The molecule has 0 aliphatic carbocycles. The Labute approximate surface area is 121 Å². The van der Waals surface area contributed by atoms with Crippen molar-refractivity contribution < 1.29 is 0 Å². The molecule has 2 heterocycles. The fourth-order valence-electron chi connectivity index (χ4n) is 2.03. The fourth-order valence-corrected chi connectivity index (χ4v) is 2.03. The second-order valence-corrected chi connectivity index (χ2v) is 4.56. The lowest BCUT2D eigenvalue weighted by molar-refractivity contribution is 0.760. The van der Waals surface area contributed by atoms with E-state index in [2.05, 4.69) is 15.3 Å². The number of nitrogens with zero attached hydrogens (tertiary/aromatic N) is 3. The van der Waals surface area contributed by atoms with Crippen molar-refractivity contribution in [1.82, 2.24) is 14.5 Å². The van der Waals surface area contributed by atoms with Gasteiger partial charge in [-0.3, -0.25) is 4.79 Å². The summed E-state index contributed by atoms with van der Waals surface area (Å²) in [6.45, 7) is 0.533. The summed E-state index contributed by atoms with van der Waals surface area (Å²) in [5, 5.41) is 3.14. The molecule has 0 bridgehead atoms. The molecule has 0 atom stereocenters. The van der Waals surface area contributed by atoms with Gasteiger partial charge in [0.05, 0.1) is 6.54 Å². The summed E-state index contributed by atoms with van der Waals surface area (Å²) >= 11 is 0. The van der Waals surface area contributed by atoms with Crippen LogP contribution in [-0.4, -0.2) is 14.5 Å². The minimum Gasteiger partial charge on any atom is -0.324 e. The Bertz CT molecular complexity index is 783. The molecule has 1 aromatic carbocycles. The Kier molecular flexibility index (Phi) is 3.73. The van der Waals surface area contributed by atoms with Crippen molar-refractivity contribution >= 4 is 11.6 Å². The molecule has 0 aliphatic rings. The minimum absolute atomic E-state index is 0.0118. The number of aromatic nitrogens is 3. The van der Waals surface area contributed by atoms with Crippen molar-refractivity contribution in [3.63, 3.8) is 0 Å². The van der Waals surface area contributed by atoms with Crippen LogP contribution in [0.5, 0.6) is 0 Å². The average molecular weight is 278 g/mol. The number of anilines is 2. The monoisotopic (exact) mass is 278 g/mol. The van der Waals surface area contributed by atoms with Gasteiger partial charge in [0.25, 0.3) is 5.56 Å². The summed E-state index contributed by atoms with van der Waals surface area (Å²) in [6.07, 6.45) is 5.15. The number of nitrogens with one attached hydrogen (secondary N) is 1. The van der Waals surface area contributed by atoms with E-state index in [1.165, 1.54) is 0 Å². The first kappa shape index (κ1) is 13.1. The number of rotatable bonds is 4. The molecule has 0 saturated carbocycles. The first-order chi connectivity index (χ1) is 10.3. The van der Waals surface area contributed by atoms with E-state index >= 15 is 0 Å². The van der Waals surface area contributed by atoms with E-state index < -0.39 is 0 Å². The second kappa shape index (κ2) is 6.00. The van der Waals surface area contributed by atoms with Crippen molar-refractivity contribution in [2.75, 3.05) is 5.32 Å². The molecule has 5 heteroatoms. The van der Waals surface area contributed by atoms with Crippen molar-refractivity contribution in [3.8, 4) is 0 Å². The third-order valence-electron chi connectivity index (χ3n) is 3.00. The highest BCUT2D eigenvalue weighted by Crippen LogP contribution is 2.14. The molecule has 0 fully saturated rings. The second-order valence-electron chi connectivity index (χ2n) is 4.56. The molecule has 0 spiro atoms. The summed E-state index contributed by atoms with van der Waals surface area (Å²) in [4.78, 5) is 20.0. The van der Waals surface area contributed by atoms with E-state index in [0.29, 0.717) is 12.5 Å². The molecule has 5 nitrogen and oxygen atoms in total. The van der Waals surface area contributed by atoms with Crippen molar-refractivity contribution in [2.24, 2.45) is 0 Å². The number of benzene rings is 1. The highest BCUT2D eigenvalue weighted by Gasteiger charge is 2.00. The molecule has 0 amide bonds. The van der Waals surface area contributed by atoms with E-state index in [4.69, 9.17) is 0 Å². The van der Waals surface area contributed by atoms with E-state index in [-0.39, 0.29) is 5.56 Å². The molecule has 2 aromatic heterocycles. The summed E-state index contributed by atoms with van der Waals surface area (Å²) in [5.74, 6) is 0.548. The molecule has 0 aliphatic heterocycles. The quantitative estimate of drug-likeness (QED) is 0.796. The van der Waals surface area contributed by atoms with Gasteiger partial charge in [-0.2, -0.15) is 0 Å². The molecule has 3 rings (SSSR count). The summed E-state index contributed by atoms with van der Waals surface area (Å²) in [7, 11) is 0. The van der Waals surface area contributed by atoms with E-state index in [9.17, 15) is 4.79 Å². The molecule has 104 valence electrons. The van der Waals surface area contributed by atoms with E-state index in [0.717, 1.165) is 11.3 Å². The number of hydrogen-bond acceptors (Lipinski definition) is 4. The fraction of sp³-hybridized carbons (Fsp3) is 0.0625. The largest absolute Gasteiger partial charge is 0.324 e. The first-order valence-corrected chi connectivity index (χ1v) is 6.60.